The van der Waals surface area contributed by atoms with Crippen molar-refractivity contribution in [2.24, 2.45) is 0 Å². The summed E-state index contributed by atoms with van der Waals surface area (Å²) in [5.41, 5.74) is 0.652. The van der Waals surface area contributed by atoms with Crippen molar-refractivity contribution in [3.63, 3.8) is 0 Å². The molecule has 2 N–H and O–H groups in total. The van der Waals surface area contributed by atoms with Crippen LogP contribution in [0.15, 0.2) is 54.7 Å². The second-order valence-corrected chi connectivity index (χ2v) is 7.19. The summed E-state index contributed by atoms with van der Waals surface area (Å²) in [7, 11) is 0. The van der Waals surface area contributed by atoms with Crippen molar-refractivity contribution in [2.45, 2.75) is 45.2 Å². The minimum atomic E-state index is -4.69. The highest BCUT2D eigenvalue weighted by Gasteiger charge is 2.35. The summed E-state index contributed by atoms with van der Waals surface area (Å²) in [5.74, 6) is -1.23. The molecule has 0 bridgehead atoms. The molecule has 4 nitrogen and oxygen atoms in total. The van der Waals surface area contributed by atoms with Crippen LogP contribution in [0.3, 0.4) is 0 Å². The molecular weight excluding hydrogens is 408 g/mol. The topological polar surface area (TPSA) is 49.8 Å². The predicted molar refractivity (Wildman–Crippen MR) is 114 cm³/mol. The van der Waals surface area contributed by atoms with E-state index in [1.165, 1.54) is 43.0 Å². The maximum atomic E-state index is 13.9. The van der Waals surface area contributed by atoms with E-state index in [0.717, 1.165) is 18.9 Å². The largest absolute Gasteiger partial charge is 0.421 e. The Bertz CT molecular complexity index is 988. The smallest absolute Gasteiger partial charge is 0.337 e. The van der Waals surface area contributed by atoms with E-state index < -0.39 is 23.4 Å². The van der Waals surface area contributed by atoms with Crippen LogP contribution < -0.4 is 10.6 Å². The van der Waals surface area contributed by atoms with E-state index in [1.807, 2.05) is 24.3 Å². The SMILES string of the molecule is CCCCCCc1ccc(Nc2ncc(C(F)(F)F)c(Nc3ccccc3F)n2)cc1. The molecule has 0 saturated heterocycles. The summed E-state index contributed by atoms with van der Waals surface area (Å²) in [6.07, 6.45) is 1.68. The number of hydrogen-bond acceptors (Lipinski definition) is 4. The van der Waals surface area contributed by atoms with Gasteiger partial charge in [-0.2, -0.15) is 18.2 Å². The lowest BCUT2D eigenvalue weighted by molar-refractivity contribution is -0.137. The van der Waals surface area contributed by atoms with Gasteiger partial charge in [-0.3, -0.25) is 0 Å². The summed E-state index contributed by atoms with van der Waals surface area (Å²) < 4.78 is 54.0. The van der Waals surface area contributed by atoms with Crippen molar-refractivity contribution >= 4 is 23.1 Å². The molecule has 0 radical (unpaired) electrons. The average Bonchev–Trinajstić information content (AvgIpc) is 2.73. The molecule has 0 fully saturated rings. The number of rotatable bonds is 9. The van der Waals surface area contributed by atoms with Crippen LogP contribution in [0.25, 0.3) is 0 Å². The first-order valence-corrected chi connectivity index (χ1v) is 10.2. The Morgan fingerprint density at radius 1 is 0.903 bits per heavy atom. The third kappa shape index (κ3) is 6.41. The van der Waals surface area contributed by atoms with Crippen LogP contribution >= 0.6 is 0 Å². The number of anilines is 4. The third-order valence-electron chi connectivity index (χ3n) is 4.75. The zero-order valence-corrected chi connectivity index (χ0v) is 17.1. The number of nitrogens with zero attached hydrogens (tertiary/aromatic N) is 2. The molecule has 8 heteroatoms. The molecular formula is C23H24F4N4. The molecule has 3 rings (SSSR count). The quantitative estimate of drug-likeness (QED) is 0.276. The first kappa shape index (κ1) is 22.5. The van der Waals surface area contributed by atoms with E-state index in [4.69, 9.17) is 0 Å². The lowest BCUT2D eigenvalue weighted by Crippen LogP contribution is -2.13. The van der Waals surface area contributed by atoms with Crippen LogP contribution in [-0.2, 0) is 12.6 Å². The van der Waals surface area contributed by atoms with Gasteiger partial charge in [0.15, 0.2) is 0 Å². The molecule has 3 aromatic rings. The molecule has 0 aliphatic heterocycles. The van der Waals surface area contributed by atoms with Crippen molar-refractivity contribution in [1.29, 1.82) is 0 Å². The lowest BCUT2D eigenvalue weighted by Gasteiger charge is -2.15. The molecule has 0 saturated carbocycles. The van der Waals surface area contributed by atoms with E-state index in [1.54, 1.807) is 0 Å². The van der Waals surface area contributed by atoms with E-state index in [-0.39, 0.29) is 11.6 Å². The standard InChI is InChI=1S/C23H24F4N4/c1-2-3-4-5-8-16-11-13-17(14-12-16)29-22-28-15-18(23(25,26)27)21(31-22)30-20-10-7-6-9-19(20)24/h6-7,9-15H,2-5,8H2,1H3,(H2,28,29,30,31). The summed E-state index contributed by atoms with van der Waals surface area (Å²) in [6, 6.07) is 13.1. The zero-order valence-electron chi connectivity index (χ0n) is 17.1. The van der Waals surface area contributed by atoms with Crippen LogP contribution in [0.5, 0.6) is 0 Å². The normalized spacial score (nSPS) is 11.4. The molecule has 0 atom stereocenters. The number of aromatic nitrogens is 2. The van der Waals surface area contributed by atoms with E-state index >= 15 is 0 Å². The molecule has 31 heavy (non-hydrogen) atoms. The number of para-hydroxylation sites is 1. The third-order valence-corrected chi connectivity index (χ3v) is 4.75. The molecule has 164 valence electrons. The minimum absolute atomic E-state index is 0.0254. The van der Waals surface area contributed by atoms with E-state index in [2.05, 4.69) is 27.5 Å². The number of benzene rings is 2. The first-order chi connectivity index (χ1) is 14.9. The Morgan fingerprint density at radius 3 is 2.32 bits per heavy atom. The van der Waals surface area contributed by atoms with Crippen molar-refractivity contribution < 1.29 is 17.6 Å². The van der Waals surface area contributed by atoms with Gasteiger partial charge in [0.2, 0.25) is 5.95 Å². The van der Waals surface area contributed by atoms with Gasteiger partial charge >= 0.3 is 6.18 Å². The fourth-order valence-electron chi connectivity index (χ4n) is 3.07. The van der Waals surface area contributed by atoms with Crippen molar-refractivity contribution in [1.82, 2.24) is 9.97 Å². The maximum Gasteiger partial charge on any atom is 0.421 e. The van der Waals surface area contributed by atoms with Crippen LogP contribution in [0, 0.1) is 5.82 Å². The fraction of sp³-hybridized carbons (Fsp3) is 0.304. The second kappa shape index (κ2) is 10.2. The van der Waals surface area contributed by atoms with Gasteiger partial charge in [-0.1, -0.05) is 50.5 Å². The number of hydrogen-bond donors (Lipinski definition) is 2. The summed E-state index contributed by atoms with van der Waals surface area (Å²) >= 11 is 0. The Labute approximate surface area is 178 Å². The van der Waals surface area contributed by atoms with Crippen molar-refractivity contribution in [3.05, 3.63) is 71.7 Å². The number of aryl methyl sites for hydroxylation is 1. The average molecular weight is 432 g/mol. The van der Waals surface area contributed by atoms with Crippen LogP contribution in [-0.4, -0.2) is 9.97 Å². The van der Waals surface area contributed by atoms with Gasteiger partial charge in [-0.05, 0) is 42.7 Å². The highest BCUT2D eigenvalue weighted by atomic mass is 19.4. The Balaban J connectivity index is 1.77. The molecule has 0 amide bonds. The van der Waals surface area contributed by atoms with Gasteiger partial charge in [-0.15, -0.1) is 0 Å². The van der Waals surface area contributed by atoms with E-state index in [0.29, 0.717) is 11.9 Å². The highest BCUT2D eigenvalue weighted by Crippen LogP contribution is 2.35. The molecule has 1 heterocycles. The lowest BCUT2D eigenvalue weighted by atomic mass is 10.1. The molecule has 0 aliphatic carbocycles. The van der Waals surface area contributed by atoms with Gasteiger partial charge in [0.1, 0.15) is 17.2 Å². The molecule has 0 unspecified atom stereocenters. The molecule has 1 aromatic heterocycles. The number of unbranched alkanes of at least 4 members (excludes halogenated alkanes) is 3. The Kier molecular flexibility index (Phi) is 7.44. The van der Waals surface area contributed by atoms with Crippen molar-refractivity contribution in [2.75, 3.05) is 10.6 Å². The maximum absolute atomic E-state index is 13.9. The summed E-state index contributed by atoms with van der Waals surface area (Å²) in [6.45, 7) is 2.17. The monoisotopic (exact) mass is 432 g/mol. The van der Waals surface area contributed by atoms with Gasteiger partial charge in [-0.25, -0.2) is 9.37 Å². The molecule has 0 spiro atoms. The summed E-state index contributed by atoms with van der Waals surface area (Å²) in [5, 5.41) is 5.33. The summed E-state index contributed by atoms with van der Waals surface area (Å²) in [4.78, 5) is 7.72. The number of alkyl halides is 3. The van der Waals surface area contributed by atoms with Gasteiger partial charge in [0.05, 0.1) is 5.69 Å². The molecule has 2 aromatic carbocycles. The second-order valence-electron chi connectivity index (χ2n) is 7.19. The Hall–Kier alpha value is -3.16. The zero-order chi connectivity index (χ0) is 22.3. The van der Waals surface area contributed by atoms with E-state index in [9.17, 15) is 17.6 Å². The van der Waals surface area contributed by atoms with Gasteiger partial charge in [0, 0.05) is 11.9 Å². The van der Waals surface area contributed by atoms with Crippen LogP contribution in [0.4, 0.5) is 40.7 Å². The van der Waals surface area contributed by atoms with Gasteiger partial charge < -0.3 is 10.6 Å². The van der Waals surface area contributed by atoms with Gasteiger partial charge in [0.25, 0.3) is 0 Å². The van der Waals surface area contributed by atoms with Crippen LogP contribution in [0.1, 0.15) is 43.7 Å². The minimum Gasteiger partial charge on any atom is -0.337 e. The molecule has 0 aliphatic rings. The predicted octanol–water partition coefficient (Wildman–Crippen LogP) is 7.24. The van der Waals surface area contributed by atoms with Crippen molar-refractivity contribution in [3.8, 4) is 0 Å². The number of nitrogens with one attached hydrogen (secondary N) is 2. The first-order valence-electron chi connectivity index (χ1n) is 10.2. The fourth-order valence-corrected chi connectivity index (χ4v) is 3.07. The highest BCUT2D eigenvalue weighted by molar-refractivity contribution is 5.63. The Morgan fingerprint density at radius 2 is 1.65 bits per heavy atom. The number of halogens is 4. The van der Waals surface area contributed by atoms with Crippen LogP contribution in [0.2, 0.25) is 0 Å².